The van der Waals surface area contributed by atoms with Gasteiger partial charge < -0.3 is 5.11 Å². The fourth-order valence-corrected chi connectivity index (χ4v) is 2.45. The van der Waals surface area contributed by atoms with Crippen LogP contribution in [0.1, 0.15) is 26.2 Å². The Morgan fingerprint density at radius 3 is 2.70 bits per heavy atom. The Morgan fingerprint density at radius 1 is 1.50 bits per heavy atom. The largest absolute Gasteiger partial charge is 0.393 e. The molecular formula is C9H14O. The van der Waals surface area contributed by atoms with Crippen molar-refractivity contribution in [2.45, 2.75) is 32.3 Å². The van der Waals surface area contributed by atoms with Gasteiger partial charge in [-0.25, -0.2) is 0 Å². The van der Waals surface area contributed by atoms with Crippen LogP contribution in [0.15, 0.2) is 11.6 Å². The van der Waals surface area contributed by atoms with E-state index in [1.54, 1.807) is 5.57 Å². The van der Waals surface area contributed by atoms with E-state index in [1.807, 2.05) is 0 Å². The van der Waals surface area contributed by atoms with Crippen LogP contribution in [0.2, 0.25) is 0 Å². The second kappa shape index (κ2) is 2.09. The molecule has 0 spiro atoms. The highest BCUT2D eigenvalue weighted by Gasteiger charge is 2.41. The van der Waals surface area contributed by atoms with Crippen molar-refractivity contribution in [3.63, 3.8) is 0 Å². The fourth-order valence-electron chi connectivity index (χ4n) is 2.45. The molecule has 2 bridgehead atoms. The molecule has 3 atom stereocenters. The molecule has 1 nitrogen and oxygen atoms in total. The Balaban J connectivity index is 2.16. The number of aliphatic hydroxyl groups excluding tert-OH is 1. The zero-order chi connectivity index (χ0) is 7.14. The lowest BCUT2D eigenvalue weighted by Crippen LogP contribution is -2.16. The Kier molecular flexibility index (Phi) is 1.34. The topological polar surface area (TPSA) is 20.2 Å². The molecule has 0 aliphatic heterocycles. The first-order chi connectivity index (χ1) is 4.81. The molecule has 2 aliphatic carbocycles. The SMILES string of the molecule is C/C=C1/CC2CC1CC2O. The minimum atomic E-state index is 0.0219. The normalized spacial score (nSPS) is 49.0. The summed E-state index contributed by atoms with van der Waals surface area (Å²) >= 11 is 0. The quantitative estimate of drug-likeness (QED) is 0.505. The molecule has 0 radical (unpaired) electrons. The third-order valence-corrected chi connectivity index (χ3v) is 3.05. The molecule has 56 valence electrons. The lowest BCUT2D eigenvalue weighted by molar-refractivity contribution is 0.124. The lowest BCUT2D eigenvalue weighted by atomic mass is 9.93. The Hall–Kier alpha value is -0.300. The molecule has 1 N–H and O–H groups in total. The summed E-state index contributed by atoms with van der Waals surface area (Å²) < 4.78 is 0. The van der Waals surface area contributed by atoms with Gasteiger partial charge in [0.25, 0.3) is 0 Å². The number of rotatable bonds is 0. The van der Waals surface area contributed by atoms with E-state index in [0.29, 0.717) is 5.92 Å². The van der Waals surface area contributed by atoms with E-state index >= 15 is 0 Å². The highest BCUT2D eigenvalue weighted by Crippen LogP contribution is 2.47. The first kappa shape index (κ1) is 6.41. The predicted molar refractivity (Wildman–Crippen MR) is 40.6 cm³/mol. The second-order valence-corrected chi connectivity index (χ2v) is 3.56. The van der Waals surface area contributed by atoms with Gasteiger partial charge in [0.2, 0.25) is 0 Å². The zero-order valence-electron chi connectivity index (χ0n) is 6.38. The minimum absolute atomic E-state index is 0.0219. The summed E-state index contributed by atoms with van der Waals surface area (Å²) in [7, 11) is 0. The summed E-state index contributed by atoms with van der Waals surface area (Å²) in [5.41, 5.74) is 1.59. The molecule has 0 aromatic carbocycles. The van der Waals surface area contributed by atoms with Crippen LogP contribution in [0.3, 0.4) is 0 Å². The molecule has 2 rings (SSSR count). The molecule has 0 amide bonds. The number of fused-ring (bicyclic) bond motifs is 2. The van der Waals surface area contributed by atoms with Crippen molar-refractivity contribution in [1.29, 1.82) is 0 Å². The van der Waals surface area contributed by atoms with Crippen LogP contribution in [0.25, 0.3) is 0 Å². The maximum absolute atomic E-state index is 9.41. The van der Waals surface area contributed by atoms with Gasteiger partial charge in [0.15, 0.2) is 0 Å². The number of aliphatic hydroxyl groups is 1. The molecule has 1 heteroatoms. The molecule has 0 heterocycles. The van der Waals surface area contributed by atoms with Gasteiger partial charge in [-0.3, -0.25) is 0 Å². The van der Waals surface area contributed by atoms with Gasteiger partial charge in [0.05, 0.1) is 6.10 Å². The van der Waals surface area contributed by atoms with Gasteiger partial charge in [-0.2, -0.15) is 0 Å². The third kappa shape index (κ3) is 0.734. The van der Waals surface area contributed by atoms with Gasteiger partial charge in [-0.05, 0) is 38.0 Å². The van der Waals surface area contributed by atoms with E-state index in [1.165, 1.54) is 12.8 Å². The Labute approximate surface area is 61.8 Å². The van der Waals surface area contributed by atoms with Gasteiger partial charge in [-0.1, -0.05) is 11.6 Å². The maximum atomic E-state index is 9.41. The van der Waals surface area contributed by atoms with Crippen LogP contribution in [0.4, 0.5) is 0 Å². The summed E-state index contributed by atoms with van der Waals surface area (Å²) in [6.07, 6.45) is 5.71. The standard InChI is InChI=1S/C9H14O/c1-2-6-3-8-4-7(6)5-9(8)10/h2,7-10H,3-5H2,1H3/b6-2-. The highest BCUT2D eigenvalue weighted by molar-refractivity contribution is 5.17. The van der Waals surface area contributed by atoms with E-state index in [2.05, 4.69) is 13.0 Å². The van der Waals surface area contributed by atoms with Crippen LogP contribution in [0, 0.1) is 11.8 Å². The van der Waals surface area contributed by atoms with E-state index in [9.17, 15) is 5.11 Å². The minimum Gasteiger partial charge on any atom is -0.393 e. The van der Waals surface area contributed by atoms with Crippen molar-refractivity contribution in [3.8, 4) is 0 Å². The van der Waals surface area contributed by atoms with Crippen molar-refractivity contribution in [1.82, 2.24) is 0 Å². The Morgan fingerprint density at radius 2 is 2.30 bits per heavy atom. The van der Waals surface area contributed by atoms with Crippen LogP contribution >= 0.6 is 0 Å². The molecule has 2 saturated carbocycles. The summed E-state index contributed by atoms with van der Waals surface area (Å²) in [6, 6.07) is 0. The summed E-state index contributed by atoms with van der Waals surface area (Å²) in [5.74, 6) is 1.35. The van der Waals surface area contributed by atoms with Crippen LogP contribution < -0.4 is 0 Å². The van der Waals surface area contributed by atoms with Crippen LogP contribution in [0.5, 0.6) is 0 Å². The van der Waals surface area contributed by atoms with E-state index in [-0.39, 0.29) is 6.10 Å². The lowest BCUT2D eigenvalue weighted by Gasteiger charge is -2.17. The fraction of sp³-hybridized carbons (Fsp3) is 0.778. The molecule has 0 aromatic rings. The molecule has 0 aromatic heterocycles. The van der Waals surface area contributed by atoms with Crippen molar-refractivity contribution < 1.29 is 5.11 Å². The van der Waals surface area contributed by atoms with Gasteiger partial charge >= 0.3 is 0 Å². The van der Waals surface area contributed by atoms with E-state index in [0.717, 1.165) is 12.3 Å². The zero-order valence-corrected chi connectivity index (χ0v) is 6.38. The number of hydrogen-bond acceptors (Lipinski definition) is 1. The first-order valence-electron chi connectivity index (χ1n) is 4.14. The van der Waals surface area contributed by atoms with Gasteiger partial charge in [0, 0.05) is 0 Å². The summed E-state index contributed by atoms with van der Waals surface area (Å²) in [6.45, 7) is 2.11. The van der Waals surface area contributed by atoms with Gasteiger partial charge in [0.1, 0.15) is 0 Å². The van der Waals surface area contributed by atoms with Gasteiger partial charge in [-0.15, -0.1) is 0 Å². The molecular weight excluding hydrogens is 124 g/mol. The van der Waals surface area contributed by atoms with Crippen LogP contribution in [-0.4, -0.2) is 11.2 Å². The third-order valence-electron chi connectivity index (χ3n) is 3.05. The average molecular weight is 138 g/mol. The summed E-state index contributed by atoms with van der Waals surface area (Å²) in [4.78, 5) is 0. The van der Waals surface area contributed by atoms with E-state index < -0.39 is 0 Å². The first-order valence-corrected chi connectivity index (χ1v) is 4.14. The monoisotopic (exact) mass is 138 g/mol. The summed E-state index contributed by atoms with van der Waals surface area (Å²) in [5, 5.41) is 9.41. The molecule has 0 saturated heterocycles. The van der Waals surface area contributed by atoms with E-state index in [4.69, 9.17) is 0 Å². The number of allylic oxidation sites excluding steroid dienone is 2. The molecule has 10 heavy (non-hydrogen) atoms. The van der Waals surface area contributed by atoms with Crippen LogP contribution in [-0.2, 0) is 0 Å². The molecule has 2 aliphatic rings. The maximum Gasteiger partial charge on any atom is 0.0577 e. The van der Waals surface area contributed by atoms with Crippen molar-refractivity contribution in [2.75, 3.05) is 0 Å². The smallest absolute Gasteiger partial charge is 0.0577 e. The highest BCUT2D eigenvalue weighted by atomic mass is 16.3. The van der Waals surface area contributed by atoms with Crippen molar-refractivity contribution in [3.05, 3.63) is 11.6 Å². The average Bonchev–Trinajstić information content (AvgIpc) is 2.44. The Bertz CT molecular complexity index is 170. The number of hydrogen-bond donors (Lipinski definition) is 1. The van der Waals surface area contributed by atoms with Crippen molar-refractivity contribution >= 4 is 0 Å². The van der Waals surface area contributed by atoms with Crippen molar-refractivity contribution in [2.24, 2.45) is 11.8 Å². The second-order valence-electron chi connectivity index (χ2n) is 3.56. The molecule has 2 fully saturated rings. The predicted octanol–water partition coefficient (Wildman–Crippen LogP) is 1.72. The molecule has 3 unspecified atom stereocenters.